The number of nitrogens with one attached hydrogen (secondary N) is 2. The first kappa shape index (κ1) is 20.7. The van der Waals surface area contributed by atoms with E-state index >= 15 is 0 Å². The van der Waals surface area contributed by atoms with Gasteiger partial charge in [-0.25, -0.2) is 9.78 Å². The summed E-state index contributed by atoms with van der Waals surface area (Å²) in [6.07, 6.45) is 0.290. The number of carbonyl (C=O) groups is 3. The molecule has 1 saturated heterocycles. The van der Waals surface area contributed by atoms with E-state index in [1.165, 1.54) is 4.90 Å². The van der Waals surface area contributed by atoms with Gasteiger partial charge in [0.15, 0.2) is 18.2 Å². The standard InChI is InChI=1S/C20H20ClN5O5/c21-13-5-1-4-12(17(13)22)19(28)23-8-2-3-11-9-26(20(29)31-11)15-7-6-14-18(24-15)25-16(27)10-30-14/h1,4-7,11H,2-3,8-10,22H2,(H,23,28)(H,24,25,27)/t11-/m1/s1. The molecule has 0 spiro atoms. The molecule has 2 aromatic rings. The predicted octanol–water partition coefficient (Wildman–Crippen LogP) is 2.18. The van der Waals surface area contributed by atoms with E-state index in [4.69, 9.17) is 26.8 Å². The molecule has 162 valence electrons. The van der Waals surface area contributed by atoms with Crippen molar-refractivity contribution in [3.63, 3.8) is 0 Å². The highest BCUT2D eigenvalue weighted by Crippen LogP contribution is 2.30. The van der Waals surface area contributed by atoms with Gasteiger partial charge in [-0.1, -0.05) is 17.7 Å². The van der Waals surface area contributed by atoms with Gasteiger partial charge in [0.2, 0.25) is 0 Å². The molecule has 3 amide bonds. The van der Waals surface area contributed by atoms with Gasteiger partial charge in [0.05, 0.1) is 22.8 Å². The maximum atomic E-state index is 12.3. The predicted molar refractivity (Wildman–Crippen MR) is 113 cm³/mol. The third-order valence-electron chi connectivity index (χ3n) is 4.90. The lowest BCUT2D eigenvalue weighted by atomic mass is 10.1. The summed E-state index contributed by atoms with van der Waals surface area (Å²) in [5.41, 5.74) is 6.39. The molecule has 0 radical (unpaired) electrons. The van der Waals surface area contributed by atoms with Crippen molar-refractivity contribution in [2.24, 2.45) is 0 Å². The fourth-order valence-corrected chi connectivity index (χ4v) is 3.50. The van der Waals surface area contributed by atoms with Crippen molar-refractivity contribution in [3.05, 3.63) is 40.9 Å². The Morgan fingerprint density at radius 3 is 3.00 bits per heavy atom. The zero-order valence-corrected chi connectivity index (χ0v) is 17.1. The van der Waals surface area contributed by atoms with Crippen molar-refractivity contribution in [3.8, 4) is 5.75 Å². The Bertz CT molecular complexity index is 1050. The molecule has 1 aromatic heterocycles. The molecule has 4 N–H and O–H groups in total. The minimum atomic E-state index is -0.517. The second kappa shape index (κ2) is 8.68. The summed E-state index contributed by atoms with van der Waals surface area (Å²) in [7, 11) is 0. The lowest BCUT2D eigenvalue weighted by Crippen LogP contribution is -2.29. The largest absolute Gasteiger partial charge is 0.480 e. The van der Waals surface area contributed by atoms with Crippen LogP contribution in [0.2, 0.25) is 5.02 Å². The highest BCUT2D eigenvalue weighted by Gasteiger charge is 2.33. The van der Waals surface area contributed by atoms with Crippen molar-refractivity contribution < 1.29 is 23.9 Å². The van der Waals surface area contributed by atoms with Crippen LogP contribution < -0.4 is 26.0 Å². The fourth-order valence-electron chi connectivity index (χ4n) is 3.32. The number of nitrogens with two attached hydrogens (primary N) is 1. The number of para-hydroxylation sites is 1. The van der Waals surface area contributed by atoms with E-state index in [-0.39, 0.29) is 36.0 Å². The molecule has 31 heavy (non-hydrogen) atoms. The molecule has 1 aromatic carbocycles. The van der Waals surface area contributed by atoms with E-state index < -0.39 is 6.09 Å². The normalized spacial score (nSPS) is 17.5. The van der Waals surface area contributed by atoms with Crippen molar-refractivity contribution in [2.75, 3.05) is 35.6 Å². The van der Waals surface area contributed by atoms with Crippen LogP contribution in [-0.2, 0) is 9.53 Å². The van der Waals surface area contributed by atoms with E-state index in [1.807, 2.05) is 0 Å². The first-order chi connectivity index (χ1) is 14.9. The van der Waals surface area contributed by atoms with E-state index in [1.54, 1.807) is 30.3 Å². The number of nitrogen functional groups attached to an aromatic ring is 1. The van der Waals surface area contributed by atoms with Gasteiger partial charge in [-0.3, -0.25) is 14.5 Å². The SMILES string of the molecule is Nc1c(Cl)cccc1C(=O)NCCC[C@@H]1CN(c2ccc3c(n2)NC(=O)CO3)C(=O)O1. The fraction of sp³-hybridized carbons (Fsp3) is 0.300. The molecule has 0 saturated carbocycles. The topological polar surface area (TPSA) is 136 Å². The third kappa shape index (κ3) is 4.48. The van der Waals surface area contributed by atoms with Crippen LogP contribution in [0.25, 0.3) is 0 Å². The van der Waals surface area contributed by atoms with Gasteiger partial charge in [-0.15, -0.1) is 0 Å². The minimum Gasteiger partial charge on any atom is -0.480 e. The highest BCUT2D eigenvalue weighted by molar-refractivity contribution is 6.33. The van der Waals surface area contributed by atoms with Crippen molar-refractivity contribution in [1.29, 1.82) is 0 Å². The average Bonchev–Trinajstić information content (AvgIpc) is 3.13. The Labute approximate surface area is 182 Å². The summed E-state index contributed by atoms with van der Waals surface area (Å²) in [6, 6.07) is 8.16. The van der Waals surface area contributed by atoms with Gasteiger partial charge in [0.25, 0.3) is 11.8 Å². The summed E-state index contributed by atoms with van der Waals surface area (Å²) in [5.74, 6) is 0.464. The number of fused-ring (bicyclic) bond motifs is 1. The molecule has 0 unspecified atom stereocenters. The van der Waals surface area contributed by atoms with E-state index in [9.17, 15) is 14.4 Å². The monoisotopic (exact) mass is 445 g/mol. The molecule has 10 nitrogen and oxygen atoms in total. The van der Waals surface area contributed by atoms with Crippen LogP contribution in [0.4, 0.5) is 22.1 Å². The Morgan fingerprint density at radius 1 is 1.32 bits per heavy atom. The maximum absolute atomic E-state index is 12.3. The van der Waals surface area contributed by atoms with Gasteiger partial charge in [-0.05, 0) is 37.1 Å². The molecule has 0 aliphatic carbocycles. The first-order valence-electron chi connectivity index (χ1n) is 9.66. The molecule has 2 aliphatic rings. The summed E-state index contributed by atoms with van der Waals surface area (Å²) in [4.78, 5) is 41.7. The number of ether oxygens (including phenoxy) is 2. The lowest BCUT2D eigenvalue weighted by molar-refractivity contribution is -0.118. The molecular formula is C20H20ClN5O5. The van der Waals surface area contributed by atoms with Crippen LogP contribution in [0, 0.1) is 0 Å². The quantitative estimate of drug-likeness (QED) is 0.458. The number of rotatable bonds is 6. The second-order valence-corrected chi connectivity index (χ2v) is 7.48. The van der Waals surface area contributed by atoms with E-state index in [0.717, 1.165) is 0 Å². The van der Waals surface area contributed by atoms with E-state index in [0.29, 0.717) is 48.1 Å². The maximum Gasteiger partial charge on any atom is 0.415 e. The number of halogens is 1. The molecule has 3 heterocycles. The highest BCUT2D eigenvalue weighted by atomic mass is 35.5. The summed E-state index contributed by atoms with van der Waals surface area (Å²) >= 11 is 5.94. The number of pyridine rings is 1. The van der Waals surface area contributed by atoms with E-state index in [2.05, 4.69) is 15.6 Å². The Kier molecular flexibility index (Phi) is 5.81. The Balaban J connectivity index is 1.28. The zero-order valence-electron chi connectivity index (χ0n) is 16.4. The van der Waals surface area contributed by atoms with Crippen LogP contribution >= 0.6 is 11.6 Å². The van der Waals surface area contributed by atoms with Crippen molar-refractivity contribution in [2.45, 2.75) is 18.9 Å². The number of amides is 3. The Hall–Kier alpha value is -3.53. The summed E-state index contributed by atoms with van der Waals surface area (Å²) in [6.45, 7) is 0.635. The molecule has 1 fully saturated rings. The zero-order chi connectivity index (χ0) is 22.0. The van der Waals surface area contributed by atoms with Crippen LogP contribution in [0.5, 0.6) is 5.75 Å². The molecular weight excluding hydrogens is 426 g/mol. The molecule has 1 atom stereocenters. The number of nitrogens with zero attached hydrogens (tertiary/aromatic N) is 2. The van der Waals surface area contributed by atoms with Gasteiger partial charge in [-0.2, -0.15) is 0 Å². The average molecular weight is 446 g/mol. The molecule has 4 rings (SSSR count). The number of cyclic esters (lactones) is 1. The van der Waals surface area contributed by atoms with Gasteiger partial charge < -0.3 is 25.8 Å². The van der Waals surface area contributed by atoms with Gasteiger partial charge >= 0.3 is 6.09 Å². The number of hydrogen-bond donors (Lipinski definition) is 3. The number of carbonyl (C=O) groups excluding carboxylic acids is 3. The first-order valence-corrected chi connectivity index (χ1v) is 10.0. The van der Waals surface area contributed by atoms with Gasteiger partial charge in [0, 0.05) is 6.54 Å². The molecule has 2 aliphatic heterocycles. The van der Waals surface area contributed by atoms with Crippen molar-refractivity contribution >= 4 is 46.8 Å². The molecule has 0 bridgehead atoms. The summed E-state index contributed by atoms with van der Waals surface area (Å²) in [5, 5.41) is 5.72. The summed E-state index contributed by atoms with van der Waals surface area (Å²) < 4.78 is 10.7. The smallest absolute Gasteiger partial charge is 0.415 e. The number of hydrogen-bond acceptors (Lipinski definition) is 7. The molecule has 11 heteroatoms. The number of benzene rings is 1. The minimum absolute atomic E-state index is 0.0672. The number of aromatic nitrogens is 1. The van der Waals surface area contributed by atoms with Crippen LogP contribution in [0.1, 0.15) is 23.2 Å². The van der Waals surface area contributed by atoms with Gasteiger partial charge in [0.1, 0.15) is 11.9 Å². The van der Waals surface area contributed by atoms with Crippen LogP contribution in [0.3, 0.4) is 0 Å². The van der Waals surface area contributed by atoms with Crippen LogP contribution in [0.15, 0.2) is 30.3 Å². The van der Waals surface area contributed by atoms with Crippen LogP contribution in [-0.4, -0.2) is 48.7 Å². The number of anilines is 3. The van der Waals surface area contributed by atoms with Crippen molar-refractivity contribution in [1.82, 2.24) is 10.3 Å². The third-order valence-corrected chi connectivity index (χ3v) is 5.23. The second-order valence-electron chi connectivity index (χ2n) is 7.07. The Morgan fingerprint density at radius 2 is 2.16 bits per heavy atom. The lowest BCUT2D eigenvalue weighted by Gasteiger charge is -2.19.